The van der Waals surface area contributed by atoms with Crippen molar-refractivity contribution >= 4 is 32.4 Å². The topological polar surface area (TPSA) is 101 Å². The second-order valence-electron chi connectivity index (χ2n) is 6.77. The van der Waals surface area contributed by atoms with Gasteiger partial charge in [-0.3, -0.25) is 10.1 Å². The lowest BCUT2D eigenvalue weighted by Gasteiger charge is -2.15. The van der Waals surface area contributed by atoms with E-state index in [2.05, 4.69) is 15.5 Å². The lowest BCUT2D eigenvalue weighted by molar-refractivity contribution is 0.102. The van der Waals surface area contributed by atoms with E-state index in [1.165, 1.54) is 50.7 Å². The summed E-state index contributed by atoms with van der Waals surface area (Å²) < 4.78 is 31.1. The van der Waals surface area contributed by atoms with Crippen LogP contribution >= 0.6 is 11.3 Å². The molecule has 0 saturated carbocycles. The van der Waals surface area contributed by atoms with Crippen molar-refractivity contribution in [2.75, 3.05) is 26.5 Å². The second kappa shape index (κ2) is 7.29. The Labute approximate surface area is 157 Å². The van der Waals surface area contributed by atoms with Gasteiger partial charge in [-0.05, 0) is 18.2 Å². The van der Waals surface area contributed by atoms with Crippen LogP contribution in [-0.4, -0.2) is 50.0 Å². The van der Waals surface area contributed by atoms with E-state index in [1.54, 1.807) is 0 Å². The number of methoxy groups -OCH3 is 1. The van der Waals surface area contributed by atoms with Crippen molar-refractivity contribution in [2.45, 2.75) is 31.1 Å². The molecule has 0 atom stereocenters. The summed E-state index contributed by atoms with van der Waals surface area (Å²) >= 11 is 1.28. The van der Waals surface area contributed by atoms with E-state index < -0.39 is 15.9 Å². The van der Waals surface area contributed by atoms with Crippen LogP contribution in [0.5, 0.6) is 5.75 Å². The molecule has 0 unspecified atom stereocenters. The molecule has 0 aliphatic rings. The Morgan fingerprint density at radius 1 is 1.23 bits per heavy atom. The van der Waals surface area contributed by atoms with Gasteiger partial charge in [0.05, 0.1) is 7.11 Å². The van der Waals surface area contributed by atoms with Crippen molar-refractivity contribution in [1.29, 1.82) is 0 Å². The molecule has 142 valence electrons. The third-order valence-electron chi connectivity index (χ3n) is 3.47. The smallest absolute Gasteiger partial charge is 0.257 e. The fourth-order valence-electron chi connectivity index (χ4n) is 1.96. The number of carbonyl (C=O) groups is 1. The summed E-state index contributed by atoms with van der Waals surface area (Å²) in [6, 6.07) is 4.23. The number of aromatic nitrogens is 2. The predicted octanol–water partition coefficient (Wildman–Crippen LogP) is 2.35. The van der Waals surface area contributed by atoms with Gasteiger partial charge in [-0.2, -0.15) is 0 Å². The van der Waals surface area contributed by atoms with Crippen molar-refractivity contribution in [3.8, 4) is 5.75 Å². The molecule has 1 aromatic carbocycles. The number of hydrogen-bond acceptors (Lipinski definition) is 7. The molecule has 26 heavy (non-hydrogen) atoms. The van der Waals surface area contributed by atoms with Crippen LogP contribution < -0.4 is 10.1 Å². The van der Waals surface area contributed by atoms with E-state index in [9.17, 15) is 13.2 Å². The van der Waals surface area contributed by atoms with Crippen molar-refractivity contribution in [3.05, 3.63) is 28.8 Å². The number of anilines is 1. The molecule has 0 bridgehead atoms. The van der Waals surface area contributed by atoms with Crippen molar-refractivity contribution in [3.63, 3.8) is 0 Å². The number of rotatable bonds is 5. The van der Waals surface area contributed by atoms with E-state index >= 15 is 0 Å². The Morgan fingerprint density at radius 2 is 1.88 bits per heavy atom. The molecular formula is C16H22N4O4S2. The summed E-state index contributed by atoms with van der Waals surface area (Å²) in [5, 5.41) is 11.8. The molecule has 2 rings (SSSR count). The van der Waals surface area contributed by atoms with Crippen LogP contribution in [0, 0.1) is 0 Å². The normalized spacial score (nSPS) is 12.3. The third-order valence-corrected chi connectivity index (χ3v) is 6.57. The summed E-state index contributed by atoms with van der Waals surface area (Å²) in [6.07, 6.45) is 0. The van der Waals surface area contributed by atoms with Gasteiger partial charge in [0.2, 0.25) is 15.2 Å². The summed E-state index contributed by atoms with van der Waals surface area (Å²) in [6.45, 7) is 6.00. The quantitative estimate of drug-likeness (QED) is 0.829. The number of amides is 1. The summed E-state index contributed by atoms with van der Waals surface area (Å²) in [4.78, 5) is 12.4. The molecule has 0 radical (unpaired) electrons. The molecule has 0 aliphatic heterocycles. The van der Waals surface area contributed by atoms with Gasteiger partial charge >= 0.3 is 0 Å². The molecule has 0 saturated heterocycles. The zero-order valence-electron chi connectivity index (χ0n) is 15.5. The number of carbonyl (C=O) groups excluding carboxylic acids is 1. The van der Waals surface area contributed by atoms with E-state index in [-0.39, 0.29) is 21.6 Å². The van der Waals surface area contributed by atoms with Crippen molar-refractivity contribution in [2.24, 2.45) is 0 Å². The average Bonchev–Trinajstić information content (AvgIpc) is 3.02. The summed E-state index contributed by atoms with van der Waals surface area (Å²) in [5.74, 6) is -0.305. The van der Waals surface area contributed by atoms with Crippen LogP contribution in [0.4, 0.5) is 5.13 Å². The molecule has 1 heterocycles. The minimum Gasteiger partial charge on any atom is -0.495 e. The highest BCUT2D eigenvalue weighted by Crippen LogP contribution is 2.29. The Morgan fingerprint density at radius 3 is 2.38 bits per heavy atom. The zero-order chi connectivity index (χ0) is 19.7. The Bertz CT molecular complexity index is 915. The number of nitrogens with one attached hydrogen (secondary N) is 1. The number of hydrogen-bond donors (Lipinski definition) is 1. The molecule has 1 N–H and O–H groups in total. The Balaban J connectivity index is 2.34. The van der Waals surface area contributed by atoms with Crippen molar-refractivity contribution in [1.82, 2.24) is 14.5 Å². The van der Waals surface area contributed by atoms with Crippen LogP contribution in [0.2, 0.25) is 0 Å². The molecule has 2 aromatic rings. The van der Waals surface area contributed by atoms with E-state index in [1.807, 2.05) is 20.8 Å². The predicted molar refractivity (Wildman–Crippen MR) is 100 cm³/mol. The van der Waals surface area contributed by atoms with Crippen LogP contribution in [0.1, 0.15) is 36.1 Å². The van der Waals surface area contributed by atoms with Crippen LogP contribution in [-0.2, 0) is 15.4 Å². The minimum atomic E-state index is -3.76. The highest BCUT2D eigenvalue weighted by molar-refractivity contribution is 7.89. The highest BCUT2D eigenvalue weighted by atomic mass is 32.2. The van der Waals surface area contributed by atoms with E-state index in [4.69, 9.17) is 4.74 Å². The van der Waals surface area contributed by atoms with Gasteiger partial charge in [0.1, 0.15) is 15.7 Å². The maximum absolute atomic E-state index is 12.5. The summed E-state index contributed by atoms with van der Waals surface area (Å²) in [5.41, 5.74) is 0.00648. The standard InChI is InChI=1S/C16H22N4O4S2/c1-16(2,3)14-18-19-15(25-14)17-13(21)10-7-8-11(24-6)12(9-10)26(22,23)20(4)5/h7-9H,1-6H3,(H,17,19,21). The van der Waals surface area contributed by atoms with Gasteiger partial charge in [-0.1, -0.05) is 32.1 Å². The first-order valence-electron chi connectivity index (χ1n) is 7.72. The van der Waals surface area contributed by atoms with Crippen LogP contribution in [0.25, 0.3) is 0 Å². The molecule has 8 nitrogen and oxygen atoms in total. The largest absolute Gasteiger partial charge is 0.495 e. The molecular weight excluding hydrogens is 376 g/mol. The Kier molecular flexibility index (Phi) is 5.69. The van der Waals surface area contributed by atoms with Crippen molar-refractivity contribution < 1.29 is 17.9 Å². The average molecular weight is 399 g/mol. The maximum atomic E-state index is 12.5. The molecule has 0 spiro atoms. The molecule has 1 amide bonds. The molecule has 0 aliphatic carbocycles. The first-order valence-corrected chi connectivity index (χ1v) is 9.98. The minimum absolute atomic E-state index is 0.0784. The van der Waals surface area contributed by atoms with Crippen LogP contribution in [0.3, 0.4) is 0 Å². The first-order chi connectivity index (χ1) is 12.0. The van der Waals surface area contributed by atoms with Gasteiger partial charge in [0, 0.05) is 25.1 Å². The number of benzene rings is 1. The second-order valence-corrected chi connectivity index (χ2v) is 9.87. The number of sulfonamides is 1. The van der Waals surface area contributed by atoms with Gasteiger partial charge in [-0.15, -0.1) is 10.2 Å². The van der Waals surface area contributed by atoms with Gasteiger partial charge in [0.25, 0.3) is 5.91 Å². The molecule has 0 fully saturated rings. The lowest BCUT2D eigenvalue weighted by Crippen LogP contribution is -2.23. The third kappa shape index (κ3) is 4.19. The molecule has 10 heteroatoms. The van der Waals surface area contributed by atoms with Crippen LogP contribution in [0.15, 0.2) is 23.1 Å². The van der Waals surface area contributed by atoms with E-state index in [0.717, 1.165) is 9.31 Å². The fourth-order valence-corrected chi connectivity index (χ4v) is 3.83. The Hall–Kier alpha value is -2.04. The molecule has 1 aromatic heterocycles. The van der Waals surface area contributed by atoms with Gasteiger partial charge in [0.15, 0.2) is 0 Å². The monoisotopic (exact) mass is 398 g/mol. The van der Waals surface area contributed by atoms with E-state index in [0.29, 0.717) is 5.13 Å². The highest BCUT2D eigenvalue weighted by Gasteiger charge is 2.25. The zero-order valence-corrected chi connectivity index (χ0v) is 17.2. The maximum Gasteiger partial charge on any atom is 0.257 e. The van der Waals surface area contributed by atoms with Gasteiger partial charge in [-0.25, -0.2) is 12.7 Å². The fraction of sp³-hybridized carbons (Fsp3) is 0.438. The lowest BCUT2D eigenvalue weighted by atomic mass is 9.98. The summed E-state index contributed by atoms with van der Waals surface area (Å²) in [7, 11) is 0.440. The number of ether oxygens (including phenoxy) is 1. The van der Waals surface area contributed by atoms with Gasteiger partial charge < -0.3 is 4.74 Å². The number of nitrogens with zero attached hydrogens (tertiary/aromatic N) is 3. The SMILES string of the molecule is COc1ccc(C(=O)Nc2nnc(C(C)(C)C)s2)cc1S(=O)(=O)N(C)C. The first kappa shape index (κ1) is 20.3.